The van der Waals surface area contributed by atoms with Gasteiger partial charge in [0.15, 0.2) is 5.83 Å². The fourth-order valence-corrected chi connectivity index (χ4v) is 2.23. The van der Waals surface area contributed by atoms with Crippen molar-refractivity contribution >= 4 is 5.91 Å². The first-order valence-corrected chi connectivity index (χ1v) is 6.39. The molecule has 5 heteroatoms. The van der Waals surface area contributed by atoms with Gasteiger partial charge in [0.05, 0.1) is 6.54 Å². The zero-order valence-electron chi connectivity index (χ0n) is 10.3. The van der Waals surface area contributed by atoms with Crippen molar-refractivity contribution in [1.82, 2.24) is 15.3 Å². The van der Waals surface area contributed by atoms with Crippen LogP contribution < -0.4 is 5.32 Å². The molecule has 1 aromatic rings. The minimum atomic E-state index is -0.673. The highest BCUT2D eigenvalue weighted by Crippen LogP contribution is 2.25. The molecule has 2 rings (SSSR count). The average Bonchev–Trinajstić information content (AvgIpc) is 2.90. The lowest BCUT2D eigenvalue weighted by Crippen LogP contribution is -2.24. The van der Waals surface area contributed by atoms with E-state index in [1.807, 2.05) is 0 Å². The zero-order chi connectivity index (χ0) is 12.8. The van der Waals surface area contributed by atoms with Crippen molar-refractivity contribution in [2.24, 2.45) is 5.92 Å². The zero-order valence-corrected chi connectivity index (χ0v) is 10.3. The Hall–Kier alpha value is -1.65. The Morgan fingerprint density at radius 2 is 2.28 bits per heavy atom. The molecule has 0 aliphatic heterocycles. The molecule has 1 aromatic heterocycles. The third-order valence-corrected chi connectivity index (χ3v) is 3.22. The van der Waals surface area contributed by atoms with Crippen molar-refractivity contribution < 1.29 is 9.18 Å². The van der Waals surface area contributed by atoms with E-state index in [2.05, 4.69) is 15.3 Å². The Kier molecular flexibility index (Phi) is 4.50. The number of carbonyl (C=O) groups is 1. The van der Waals surface area contributed by atoms with Gasteiger partial charge in [-0.25, -0.2) is 9.37 Å². The highest BCUT2D eigenvalue weighted by atomic mass is 19.1. The first-order valence-electron chi connectivity index (χ1n) is 6.39. The first kappa shape index (κ1) is 12.8. The molecule has 18 heavy (non-hydrogen) atoms. The van der Waals surface area contributed by atoms with Crippen LogP contribution in [0.4, 0.5) is 4.39 Å². The monoisotopic (exact) mass is 251 g/mol. The SMILES string of the molecule is O=C(NCc1ncc[nH]1)C(F)=CC1CCCCC1. The number of nitrogens with zero attached hydrogens (tertiary/aromatic N) is 1. The Morgan fingerprint density at radius 3 is 2.94 bits per heavy atom. The second-order valence-electron chi connectivity index (χ2n) is 4.63. The van der Waals surface area contributed by atoms with Gasteiger partial charge in [-0.3, -0.25) is 4.79 Å². The fourth-order valence-electron chi connectivity index (χ4n) is 2.23. The van der Waals surface area contributed by atoms with Crippen LogP contribution in [0.3, 0.4) is 0 Å². The van der Waals surface area contributed by atoms with Gasteiger partial charge in [0.2, 0.25) is 0 Å². The molecule has 0 atom stereocenters. The van der Waals surface area contributed by atoms with Crippen molar-refractivity contribution in [3.05, 3.63) is 30.1 Å². The second kappa shape index (κ2) is 6.33. The number of amides is 1. The molecule has 1 heterocycles. The summed E-state index contributed by atoms with van der Waals surface area (Å²) in [4.78, 5) is 18.3. The summed E-state index contributed by atoms with van der Waals surface area (Å²) in [5.41, 5.74) is 0. The molecular formula is C13H18FN3O. The fraction of sp³-hybridized carbons (Fsp3) is 0.538. The lowest BCUT2D eigenvalue weighted by molar-refractivity contribution is -0.119. The molecule has 0 unspecified atom stereocenters. The molecule has 1 amide bonds. The molecule has 1 saturated carbocycles. The van der Waals surface area contributed by atoms with Crippen LogP contribution in [0.25, 0.3) is 0 Å². The number of H-pyrrole nitrogens is 1. The van der Waals surface area contributed by atoms with Crippen molar-refractivity contribution in [2.75, 3.05) is 0 Å². The van der Waals surface area contributed by atoms with E-state index in [4.69, 9.17) is 0 Å². The van der Waals surface area contributed by atoms with Gasteiger partial charge in [-0.1, -0.05) is 19.3 Å². The van der Waals surface area contributed by atoms with Gasteiger partial charge in [-0.05, 0) is 24.8 Å². The van der Waals surface area contributed by atoms with Crippen LogP contribution in [-0.4, -0.2) is 15.9 Å². The lowest BCUT2D eigenvalue weighted by atomic mass is 9.89. The quantitative estimate of drug-likeness (QED) is 0.808. The molecule has 0 aromatic carbocycles. The molecular weight excluding hydrogens is 233 g/mol. The lowest BCUT2D eigenvalue weighted by Gasteiger charge is -2.17. The number of hydrogen-bond acceptors (Lipinski definition) is 2. The van der Waals surface area contributed by atoms with E-state index in [0.717, 1.165) is 25.7 Å². The molecule has 98 valence electrons. The van der Waals surface area contributed by atoms with Crippen molar-refractivity contribution in [3.63, 3.8) is 0 Å². The first-order chi connectivity index (χ1) is 8.75. The smallest absolute Gasteiger partial charge is 0.280 e. The maximum atomic E-state index is 13.6. The van der Waals surface area contributed by atoms with Crippen molar-refractivity contribution in [2.45, 2.75) is 38.6 Å². The number of allylic oxidation sites excluding steroid dienone is 1. The summed E-state index contributed by atoms with van der Waals surface area (Å²) in [5.74, 6) is -0.493. The predicted octanol–water partition coefficient (Wildman–Crippen LogP) is 2.46. The van der Waals surface area contributed by atoms with E-state index in [-0.39, 0.29) is 12.5 Å². The van der Waals surface area contributed by atoms with Crippen LogP contribution in [0, 0.1) is 5.92 Å². The van der Waals surface area contributed by atoms with Gasteiger partial charge in [0.1, 0.15) is 5.82 Å². The Bertz CT molecular complexity index is 408. The van der Waals surface area contributed by atoms with E-state index < -0.39 is 11.7 Å². The highest BCUT2D eigenvalue weighted by Gasteiger charge is 2.15. The van der Waals surface area contributed by atoms with Crippen molar-refractivity contribution in [1.29, 1.82) is 0 Å². The minimum Gasteiger partial charge on any atom is -0.347 e. The summed E-state index contributed by atoms with van der Waals surface area (Å²) in [5, 5.41) is 2.50. The van der Waals surface area contributed by atoms with Gasteiger partial charge < -0.3 is 10.3 Å². The van der Waals surface area contributed by atoms with Crippen LogP contribution in [0.2, 0.25) is 0 Å². The number of imidazole rings is 1. The highest BCUT2D eigenvalue weighted by molar-refractivity contribution is 5.91. The van der Waals surface area contributed by atoms with Crippen molar-refractivity contribution in [3.8, 4) is 0 Å². The summed E-state index contributed by atoms with van der Waals surface area (Å²) >= 11 is 0. The molecule has 0 radical (unpaired) electrons. The number of hydrogen-bond donors (Lipinski definition) is 2. The minimum absolute atomic E-state index is 0.216. The third-order valence-electron chi connectivity index (χ3n) is 3.22. The number of rotatable bonds is 4. The van der Waals surface area contributed by atoms with E-state index in [0.29, 0.717) is 5.82 Å². The maximum absolute atomic E-state index is 13.6. The Balaban J connectivity index is 1.81. The van der Waals surface area contributed by atoms with E-state index in [1.165, 1.54) is 12.5 Å². The Labute approximate surface area is 106 Å². The normalized spacial score (nSPS) is 17.7. The van der Waals surface area contributed by atoms with Gasteiger partial charge >= 0.3 is 0 Å². The summed E-state index contributed by atoms with van der Waals surface area (Å²) in [6.45, 7) is 0.220. The van der Waals surface area contributed by atoms with Crippen LogP contribution in [0.15, 0.2) is 24.3 Å². The summed E-state index contributed by atoms with van der Waals surface area (Å²) in [7, 11) is 0. The molecule has 0 spiro atoms. The van der Waals surface area contributed by atoms with Crippen LogP contribution in [-0.2, 0) is 11.3 Å². The maximum Gasteiger partial charge on any atom is 0.280 e. The Morgan fingerprint density at radius 1 is 1.50 bits per heavy atom. The van der Waals surface area contributed by atoms with Gasteiger partial charge in [0, 0.05) is 12.4 Å². The standard InChI is InChI=1S/C13H18FN3O/c14-11(8-10-4-2-1-3-5-10)13(18)17-9-12-15-6-7-16-12/h6-8,10H,1-5,9H2,(H,15,16)(H,17,18). The topological polar surface area (TPSA) is 57.8 Å². The molecule has 0 saturated heterocycles. The second-order valence-corrected chi connectivity index (χ2v) is 4.63. The predicted molar refractivity (Wildman–Crippen MR) is 66.2 cm³/mol. The number of halogens is 1. The average molecular weight is 251 g/mol. The largest absolute Gasteiger partial charge is 0.347 e. The van der Waals surface area contributed by atoms with E-state index >= 15 is 0 Å². The summed E-state index contributed by atoms with van der Waals surface area (Å²) in [6.07, 6.45) is 10.2. The number of carbonyl (C=O) groups excluding carboxylic acids is 1. The van der Waals surface area contributed by atoms with Crippen LogP contribution in [0.1, 0.15) is 37.9 Å². The molecule has 1 aliphatic rings. The number of aromatic nitrogens is 2. The molecule has 4 nitrogen and oxygen atoms in total. The van der Waals surface area contributed by atoms with Gasteiger partial charge in [-0.2, -0.15) is 0 Å². The molecule has 0 bridgehead atoms. The number of aromatic amines is 1. The van der Waals surface area contributed by atoms with Gasteiger partial charge in [0.25, 0.3) is 5.91 Å². The van der Waals surface area contributed by atoms with E-state index in [9.17, 15) is 9.18 Å². The van der Waals surface area contributed by atoms with E-state index in [1.54, 1.807) is 12.4 Å². The third kappa shape index (κ3) is 3.68. The van der Waals surface area contributed by atoms with Crippen LogP contribution in [0.5, 0.6) is 0 Å². The summed E-state index contributed by atoms with van der Waals surface area (Å²) < 4.78 is 13.6. The number of nitrogens with one attached hydrogen (secondary N) is 2. The summed E-state index contributed by atoms with van der Waals surface area (Å²) in [6, 6.07) is 0. The molecule has 1 aliphatic carbocycles. The van der Waals surface area contributed by atoms with Gasteiger partial charge in [-0.15, -0.1) is 0 Å². The molecule has 2 N–H and O–H groups in total. The molecule has 1 fully saturated rings. The van der Waals surface area contributed by atoms with Crippen LogP contribution >= 0.6 is 0 Å².